The summed E-state index contributed by atoms with van der Waals surface area (Å²) in [7, 11) is 2.09. The Balaban J connectivity index is 2.58. The highest BCUT2D eigenvalue weighted by Crippen LogP contribution is 2.23. The normalized spacial score (nSPS) is 35.3. The summed E-state index contributed by atoms with van der Waals surface area (Å²) in [6.07, 6.45) is 0.394. The summed E-state index contributed by atoms with van der Waals surface area (Å²) >= 11 is 0. The topological polar surface area (TPSA) is 12.5 Å². The van der Waals surface area contributed by atoms with E-state index >= 15 is 0 Å². The van der Waals surface area contributed by atoms with Crippen LogP contribution < -0.4 is 0 Å². The van der Waals surface area contributed by atoms with Crippen LogP contribution in [0.15, 0.2) is 0 Å². The molecule has 9 heavy (non-hydrogen) atoms. The highest BCUT2D eigenvalue weighted by atomic mass is 16.5. The molecule has 1 rings (SSSR count). The molecule has 2 heteroatoms. The van der Waals surface area contributed by atoms with E-state index in [4.69, 9.17) is 4.74 Å². The van der Waals surface area contributed by atoms with Crippen molar-refractivity contribution in [1.29, 1.82) is 0 Å². The van der Waals surface area contributed by atoms with Crippen LogP contribution in [0, 0.1) is 0 Å². The number of hydrogen-bond acceptors (Lipinski definition) is 2. The highest BCUT2D eigenvalue weighted by Gasteiger charge is 2.33. The van der Waals surface area contributed by atoms with Gasteiger partial charge in [-0.25, -0.2) is 0 Å². The Hall–Kier alpha value is -0.0800. The number of likely N-dealkylation sites (N-methyl/N-ethyl adjacent to an activating group) is 1. The van der Waals surface area contributed by atoms with Gasteiger partial charge < -0.3 is 4.74 Å². The minimum atomic E-state index is -0.0422. The fourth-order valence-corrected chi connectivity index (χ4v) is 1.23. The first-order valence-corrected chi connectivity index (χ1v) is 3.41. The lowest BCUT2D eigenvalue weighted by atomic mass is 10.3. The van der Waals surface area contributed by atoms with Gasteiger partial charge >= 0.3 is 0 Å². The first-order valence-electron chi connectivity index (χ1n) is 3.41. The first-order chi connectivity index (χ1) is 4.02. The SMILES string of the molecule is C[C@@H]1CN(C)C(C)(C)O1. The minimum Gasteiger partial charge on any atom is -0.357 e. The van der Waals surface area contributed by atoms with E-state index in [2.05, 4.69) is 32.7 Å². The van der Waals surface area contributed by atoms with Gasteiger partial charge in [-0.15, -0.1) is 0 Å². The summed E-state index contributed by atoms with van der Waals surface area (Å²) < 4.78 is 5.59. The van der Waals surface area contributed by atoms with Gasteiger partial charge in [-0.3, -0.25) is 4.90 Å². The molecular formula is C7H15NO. The molecule has 0 N–H and O–H groups in total. The predicted octanol–water partition coefficient (Wildman–Crippen LogP) is 1.07. The van der Waals surface area contributed by atoms with E-state index in [1.165, 1.54) is 0 Å². The molecule has 0 spiro atoms. The summed E-state index contributed by atoms with van der Waals surface area (Å²) in [6, 6.07) is 0. The van der Waals surface area contributed by atoms with E-state index in [0.717, 1.165) is 6.54 Å². The van der Waals surface area contributed by atoms with Gasteiger partial charge in [-0.05, 0) is 27.8 Å². The predicted molar refractivity (Wildman–Crippen MR) is 37.3 cm³/mol. The molecule has 0 aromatic heterocycles. The molecule has 0 amide bonds. The lowest BCUT2D eigenvalue weighted by molar-refractivity contribution is -0.0622. The van der Waals surface area contributed by atoms with Crippen molar-refractivity contribution in [3.63, 3.8) is 0 Å². The lowest BCUT2D eigenvalue weighted by Gasteiger charge is -2.25. The van der Waals surface area contributed by atoms with Crippen molar-refractivity contribution in [3.8, 4) is 0 Å². The maximum atomic E-state index is 5.59. The van der Waals surface area contributed by atoms with Crippen LogP contribution in [-0.4, -0.2) is 30.3 Å². The Morgan fingerprint density at radius 3 is 2.22 bits per heavy atom. The molecule has 1 saturated heterocycles. The summed E-state index contributed by atoms with van der Waals surface area (Å²) in [6.45, 7) is 7.34. The summed E-state index contributed by atoms with van der Waals surface area (Å²) in [5.41, 5.74) is -0.0422. The Labute approximate surface area is 56.8 Å². The van der Waals surface area contributed by atoms with E-state index < -0.39 is 0 Å². The molecule has 1 aliphatic rings. The number of rotatable bonds is 0. The van der Waals surface area contributed by atoms with E-state index in [0.29, 0.717) is 6.10 Å². The lowest BCUT2D eigenvalue weighted by Crippen LogP contribution is -2.35. The van der Waals surface area contributed by atoms with Crippen LogP contribution in [0.1, 0.15) is 20.8 Å². The van der Waals surface area contributed by atoms with Crippen LogP contribution in [0.4, 0.5) is 0 Å². The van der Waals surface area contributed by atoms with Crippen molar-refractivity contribution < 1.29 is 4.74 Å². The molecule has 0 aliphatic carbocycles. The fourth-order valence-electron chi connectivity index (χ4n) is 1.23. The third-order valence-electron chi connectivity index (χ3n) is 1.94. The van der Waals surface area contributed by atoms with Crippen molar-refractivity contribution in [2.45, 2.75) is 32.6 Å². The third-order valence-corrected chi connectivity index (χ3v) is 1.94. The van der Waals surface area contributed by atoms with Gasteiger partial charge in [0, 0.05) is 6.54 Å². The smallest absolute Gasteiger partial charge is 0.116 e. The van der Waals surface area contributed by atoms with E-state index in [1.807, 2.05) is 0 Å². The maximum Gasteiger partial charge on any atom is 0.116 e. The van der Waals surface area contributed by atoms with Crippen LogP contribution in [0.2, 0.25) is 0 Å². The number of nitrogens with zero attached hydrogens (tertiary/aromatic N) is 1. The maximum absolute atomic E-state index is 5.59. The van der Waals surface area contributed by atoms with Gasteiger partial charge in [0.2, 0.25) is 0 Å². The summed E-state index contributed by atoms with van der Waals surface area (Å²) in [4.78, 5) is 2.22. The Morgan fingerprint density at radius 1 is 1.56 bits per heavy atom. The van der Waals surface area contributed by atoms with Gasteiger partial charge in [0.1, 0.15) is 5.72 Å². The first kappa shape index (κ1) is 7.03. The van der Waals surface area contributed by atoms with Crippen molar-refractivity contribution in [3.05, 3.63) is 0 Å². The quantitative estimate of drug-likeness (QED) is 0.485. The fraction of sp³-hybridized carbons (Fsp3) is 1.00. The average molecular weight is 129 g/mol. The van der Waals surface area contributed by atoms with Crippen molar-refractivity contribution in [2.75, 3.05) is 13.6 Å². The molecule has 1 atom stereocenters. The molecule has 1 aliphatic heterocycles. The third kappa shape index (κ3) is 1.25. The zero-order chi connectivity index (χ0) is 7.07. The molecule has 0 aromatic rings. The van der Waals surface area contributed by atoms with Gasteiger partial charge in [0.25, 0.3) is 0 Å². The summed E-state index contributed by atoms with van der Waals surface area (Å²) in [5, 5.41) is 0. The van der Waals surface area contributed by atoms with Crippen LogP contribution in [0.25, 0.3) is 0 Å². The van der Waals surface area contributed by atoms with Crippen molar-refractivity contribution in [2.24, 2.45) is 0 Å². The second kappa shape index (κ2) is 1.96. The highest BCUT2D eigenvalue weighted by molar-refractivity contribution is 4.78. The zero-order valence-corrected chi connectivity index (χ0v) is 6.64. The largest absolute Gasteiger partial charge is 0.357 e. The van der Waals surface area contributed by atoms with Gasteiger partial charge in [-0.2, -0.15) is 0 Å². The molecule has 0 radical (unpaired) electrons. The number of ether oxygens (including phenoxy) is 1. The summed E-state index contributed by atoms with van der Waals surface area (Å²) in [5.74, 6) is 0. The van der Waals surface area contributed by atoms with Crippen LogP contribution in [-0.2, 0) is 4.74 Å². The molecule has 2 nitrogen and oxygen atoms in total. The van der Waals surface area contributed by atoms with Crippen LogP contribution in [0.5, 0.6) is 0 Å². The molecule has 0 aromatic carbocycles. The van der Waals surface area contributed by atoms with E-state index in [1.54, 1.807) is 0 Å². The van der Waals surface area contributed by atoms with E-state index in [9.17, 15) is 0 Å². The number of hydrogen-bond donors (Lipinski definition) is 0. The Kier molecular flexibility index (Phi) is 1.53. The van der Waals surface area contributed by atoms with Gasteiger partial charge in [0.15, 0.2) is 0 Å². The molecule has 0 bridgehead atoms. The molecule has 0 saturated carbocycles. The second-order valence-corrected chi connectivity index (χ2v) is 3.26. The minimum absolute atomic E-state index is 0.0422. The molecule has 1 fully saturated rings. The van der Waals surface area contributed by atoms with Crippen molar-refractivity contribution >= 4 is 0 Å². The van der Waals surface area contributed by atoms with Crippen molar-refractivity contribution in [1.82, 2.24) is 4.90 Å². The Bertz CT molecular complexity index is 111. The molecule has 1 heterocycles. The van der Waals surface area contributed by atoms with Gasteiger partial charge in [0.05, 0.1) is 6.10 Å². The van der Waals surface area contributed by atoms with Crippen LogP contribution in [0.3, 0.4) is 0 Å². The standard InChI is InChI=1S/C7H15NO/c1-6-5-8(4)7(2,3)9-6/h6H,5H2,1-4H3/t6-/m1/s1. The molecule has 0 unspecified atom stereocenters. The average Bonchev–Trinajstić information content (AvgIpc) is 1.79. The second-order valence-electron chi connectivity index (χ2n) is 3.26. The zero-order valence-electron chi connectivity index (χ0n) is 6.64. The monoisotopic (exact) mass is 129 g/mol. The Morgan fingerprint density at radius 2 is 2.11 bits per heavy atom. The molecule has 54 valence electrons. The molecular weight excluding hydrogens is 114 g/mol. The van der Waals surface area contributed by atoms with E-state index in [-0.39, 0.29) is 5.72 Å². The van der Waals surface area contributed by atoms with Crippen LogP contribution >= 0.6 is 0 Å². The van der Waals surface area contributed by atoms with Gasteiger partial charge in [-0.1, -0.05) is 0 Å².